The van der Waals surface area contributed by atoms with Crippen molar-refractivity contribution < 1.29 is 0 Å². The van der Waals surface area contributed by atoms with Gasteiger partial charge in [-0.15, -0.1) is 0 Å². The van der Waals surface area contributed by atoms with Crippen LogP contribution in [0.5, 0.6) is 0 Å². The largest absolute Gasteiger partial charge is 0.357 e. The van der Waals surface area contributed by atoms with Gasteiger partial charge in [0, 0.05) is 25.8 Å². The first-order valence-corrected chi connectivity index (χ1v) is 6.84. The van der Waals surface area contributed by atoms with E-state index in [0.29, 0.717) is 6.04 Å². The molecule has 2 rings (SSSR count). The SMILES string of the molecule is CN(CC1CCCN1C)c1nc(Cl)ncc1Br. The van der Waals surface area contributed by atoms with Crippen LogP contribution in [0.3, 0.4) is 0 Å². The van der Waals surface area contributed by atoms with Gasteiger partial charge in [-0.25, -0.2) is 4.98 Å². The Morgan fingerprint density at radius 2 is 2.41 bits per heavy atom. The standard InChI is InChI=1S/C11H16BrClN4/c1-16-5-3-4-8(16)7-17(2)10-9(12)6-14-11(13)15-10/h6,8H,3-5,7H2,1-2H3. The molecular formula is C11H16BrClN4. The summed E-state index contributed by atoms with van der Waals surface area (Å²) in [4.78, 5) is 12.7. The summed E-state index contributed by atoms with van der Waals surface area (Å²) in [6.45, 7) is 2.15. The van der Waals surface area contributed by atoms with Crippen LogP contribution in [0.15, 0.2) is 10.7 Å². The lowest BCUT2D eigenvalue weighted by Crippen LogP contribution is -2.37. The van der Waals surface area contributed by atoms with Crippen molar-refractivity contribution in [3.05, 3.63) is 16.0 Å². The second kappa shape index (κ2) is 5.50. The molecule has 1 aromatic heterocycles. The fraction of sp³-hybridized carbons (Fsp3) is 0.636. The van der Waals surface area contributed by atoms with Crippen LogP contribution in [0.1, 0.15) is 12.8 Å². The van der Waals surface area contributed by atoms with Crippen LogP contribution in [-0.2, 0) is 0 Å². The topological polar surface area (TPSA) is 32.3 Å². The number of likely N-dealkylation sites (tertiary alicyclic amines) is 1. The summed E-state index contributed by atoms with van der Waals surface area (Å²) in [6, 6.07) is 0.598. The summed E-state index contributed by atoms with van der Waals surface area (Å²) < 4.78 is 0.880. The molecule has 0 spiro atoms. The zero-order valence-corrected chi connectivity index (χ0v) is 12.4. The van der Waals surface area contributed by atoms with Gasteiger partial charge < -0.3 is 9.80 Å². The first-order valence-electron chi connectivity index (χ1n) is 5.67. The molecule has 17 heavy (non-hydrogen) atoms. The third-order valence-electron chi connectivity index (χ3n) is 3.21. The van der Waals surface area contributed by atoms with Crippen LogP contribution in [0, 0.1) is 0 Å². The fourth-order valence-corrected chi connectivity index (χ4v) is 2.84. The maximum Gasteiger partial charge on any atom is 0.224 e. The Labute approximate surface area is 115 Å². The van der Waals surface area contributed by atoms with E-state index in [0.717, 1.165) is 16.8 Å². The summed E-state index contributed by atoms with van der Waals surface area (Å²) in [5.74, 6) is 0.852. The number of anilines is 1. The molecular weight excluding hydrogens is 304 g/mol. The molecule has 2 heterocycles. The number of hydrogen-bond donors (Lipinski definition) is 0. The van der Waals surface area contributed by atoms with Gasteiger partial charge in [0.15, 0.2) is 0 Å². The van der Waals surface area contributed by atoms with Crippen LogP contribution in [0.4, 0.5) is 5.82 Å². The van der Waals surface area contributed by atoms with Crippen molar-refractivity contribution >= 4 is 33.3 Å². The van der Waals surface area contributed by atoms with Crippen molar-refractivity contribution in [3.8, 4) is 0 Å². The molecule has 0 aliphatic carbocycles. The normalized spacial score (nSPS) is 20.8. The van der Waals surface area contributed by atoms with Crippen molar-refractivity contribution in [3.63, 3.8) is 0 Å². The smallest absolute Gasteiger partial charge is 0.224 e. The number of rotatable bonds is 3. The van der Waals surface area contributed by atoms with E-state index >= 15 is 0 Å². The van der Waals surface area contributed by atoms with Crippen LogP contribution in [-0.4, -0.2) is 48.1 Å². The molecule has 0 aromatic carbocycles. The average molecular weight is 320 g/mol. The highest BCUT2D eigenvalue weighted by Crippen LogP contribution is 2.25. The summed E-state index contributed by atoms with van der Waals surface area (Å²) in [5, 5.41) is 0.287. The molecule has 0 N–H and O–H groups in total. The lowest BCUT2D eigenvalue weighted by atomic mass is 10.2. The molecule has 94 valence electrons. The highest BCUT2D eigenvalue weighted by atomic mass is 79.9. The Hall–Kier alpha value is -0.390. The zero-order chi connectivity index (χ0) is 12.4. The molecule has 0 saturated carbocycles. The third kappa shape index (κ3) is 3.09. The second-order valence-electron chi connectivity index (χ2n) is 4.47. The molecule has 4 nitrogen and oxygen atoms in total. The molecule has 0 amide bonds. The van der Waals surface area contributed by atoms with Crippen molar-refractivity contribution in [1.29, 1.82) is 0 Å². The molecule has 0 bridgehead atoms. The summed E-state index contributed by atoms with van der Waals surface area (Å²) in [5.41, 5.74) is 0. The summed E-state index contributed by atoms with van der Waals surface area (Å²) in [6.07, 6.45) is 4.22. The Morgan fingerprint density at radius 3 is 3.06 bits per heavy atom. The number of likely N-dealkylation sites (N-methyl/N-ethyl adjacent to an activating group) is 2. The van der Waals surface area contributed by atoms with E-state index in [1.165, 1.54) is 19.4 Å². The van der Waals surface area contributed by atoms with E-state index < -0.39 is 0 Å². The van der Waals surface area contributed by atoms with Gasteiger partial charge in [-0.1, -0.05) is 0 Å². The Balaban J connectivity index is 2.08. The molecule has 1 aliphatic heterocycles. The Bertz CT molecular complexity index is 401. The summed E-state index contributed by atoms with van der Waals surface area (Å²) in [7, 11) is 4.21. The zero-order valence-electron chi connectivity index (χ0n) is 10.0. The van der Waals surface area contributed by atoms with Gasteiger partial charge in [0.05, 0.1) is 4.47 Å². The van der Waals surface area contributed by atoms with Crippen LogP contribution in [0.25, 0.3) is 0 Å². The van der Waals surface area contributed by atoms with Gasteiger partial charge in [0.2, 0.25) is 5.28 Å². The number of halogens is 2. The molecule has 1 fully saturated rings. The molecule has 1 aromatic rings. The molecule has 1 aliphatic rings. The maximum atomic E-state index is 5.83. The van der Waals surface area contributed by atoms with Gasteiger partial charge in [-0.2, -0.15) is 4.98 Å². The van der Waals surface area contributed by atoms with Crippen LogP contribution < -0.4 is 4.90 Å². The van der Waals surface area contributed by atoms with Gasteiger partial charge >= 0.3 is 0 Å². The van der Waals surface area contributed by atoms with Crippen LogP contribution >= 0.6 is 27.5 Å². The van der Waals surface area contributed by atoms with E-state index in [9.17, 15) is 0 Å². The van der Waals surface area contributed by atoms with Crippen molar-refractivity contribution in [2.45, 2.75) is 18.9 Å². The molecule has 1 unspecified atom stereocenters. The molecule has 6 heteroatoms. The predicted octanol–water partition coefficient (Wildman–Crippen LogP) is 2.42. The first kappa shape index (κ1) is 13.1. The van der Waals surface area contributed by atoms with Crippen LogP contribution in [0.2, 0.25) is 5.28 Å². The van der Waals surface area contributed by atoms with E-state index in [2.05, 4.69) is 42.7 Å². The van der Waals surface area contributed by atoms with E-state index in [1.807, 2.05) is 7.05 Å². The Kier molecular flexibility index (Phi) is 4.22. The lowest BCUT2D eigenvalue weighted by Gasteiger charge is -2.27. The van der Waals surface area contributed by atoms with Crippen molar-refractivity contribution in [1.82, 2.24) is 14.9 Å². The highest BCUT2D eigenvalue weighted by Gasteiger charge is 2.23. The Morgan fingerprint density at radius 1 is 1.65 bits per heavy atom. The lowest BCUT2D eigenvalue weighted by molar-refractivity contribution is 0.314. The predicted molar refractivity (Wildman–Crippen MR) is 73.7 cm³/mol. The van der Waals surface area contributed by atoms with Crippen molar-refractivity contribution in [2.75, 3.05) is 32.1 Å². The third-order valence-corrected chi connectivity index (χ3v) is 3.96. The number of aromatic nitrogens is 2. The monoisotopic (exact) mass is 318 g/mol. The fourth-order valence-electron chi connectivity index (χ4n) is 2.22. The first-order chi connectivity index (χ1) is 8.08. The highest BCUT2D eigenvalue weighted by molar-refractivity contribution is 9.10. The number of nitrogens with zero attached hydrogens (tertiary/aromatic N) is 4. The van der Waals surface area contributed by atoms with Crippen molar-refractivity contribution in [2.24, 2.45) is 0 Å². The van der Waals surface area contributed by atoms with E-state index in [4.69, 9.17) is 11.6 Å². The maximum absolute atomic E-state index is 5.83. The molecule has 0 radical (unpaired) electrons. The minimum absolute atomic E-state index is 0.287. The quantitative estimate of drug-likeness (QED) is 0.801. The minimum atomic E-state index is 0.287. The van der Waals surface area contributed by atoms with E-state index in [1.54, 1.807) is 6.20 Å². The minimum Gasteiger partial charge on any atom is -0.357 e. The van der Waals surface area contributed by atoms with Gasteiger partial charge in [0.1, 0.15) is 5.82 Å². The molecule has 1 atom stereocenters. The van der Waals surface area contributed by atoms with Gasteiger partial charge in [-0.3, -0.25) is 0 Å². The van der Waals surface area contributed by atoms with Gasteiger partial charge in [0.25, 0.3) is 0 Å². The second-order valence-corrected chi connectivity index (χ2v) is 5.66. The van der Waals surface area contributed by atoms with Gasteiger partial charge in [-0.05, 0) is 54.0 Å². The molecule has 1 saturated heterocycles. The van der Waals surface area contributed by atoms with E-state index in [-0.39, 0.29) is 5.28 Å². The summed E-state index contributed by atoms with van der Waals surface area (Å²) >= 11 is 9.28. The average Bonchev–Trinajstić information content (AvgIpc) is 2.68. The number of hydrogen-bond acceptors (Lipinski definition) is 4.